The van der Waals surface area contributed by atoms with Crippen molar-refractivity contribution in [2.75, 3.05) is 16.6 Å². The lowest BCUT2D eigenvalue weighted by Crippen LogP contribution is -2.14. The fraction of sp³-hybridized carbons (Fsp3) is 0.286. The third-order valence-corrected chi connectivity index (χ3v) is 6.34. The number of benzene rings is 2. The van der Waals surface area contributed by atoms with Crippen LogP contribution in [0.5, 0.6) is 0 Å². The molecule has 0 aliphatic carbocycles. The van der Waals surface area contributed by atoms with Gasteiger partial charge in [0.15, 0.2) is 0 Å². The van der Waals surface area contributed by atoms with Gasteiger partial charge < -0.3 is 5.32 Å². The minimum Gasteiger partial charge on any atom is -0.379 e. The Balaban J connectivity index is 1.74. The fourth-order valence-electron chi connectivity index (χ4n) is 3.24. The predicted octanol–water partition coefficient (Wildman–Crippen LogP) is 4.09. The molecule has 0 radical (unpaired) electrons. The van der Waals surface area contributed by atoms with Crippen molar-refractivity contribution in [2.24, 2.45) is 0 Å². The van der Waals surface area contributed by atoms with Crippen LogP contribution in [0.3, 0.4) is 0 Å². The Kier molecular flexibility index (Phi) is 6.59. The summed E-state index contributed by atoms with van der Waals surface area (Å²) in [5.41, 5.74) is 4.29. The standard InChI is InChI=1S/C21H25N5O4S/c1-14-6-8-19(15(2)11-14)25-31(29,30)18-7-9-20(21(12-18)26(27)28)22-10-4-5-17-13-23-24-16(17)3/h6-9,11-13,22,25H,4-5,10H2,1-3H3,(H,23,24). The van der Waals surface area contributed by atoms with Gasteiger partial charge in [-0.2, -0.15) is 5.10 Å². The molecule has 0 aliphatic heterocycles. The molecule has 3 N–H and O–H groups in total. The molecule has 0 unspecified atom stereocenters. The monoisotopic (exact) mass is 443 g/mol. The number of nitrogens with zero attached hydrogens (tertiary/aromatic N) is 2. The maximum atomic E-state index is 12.8. The number of sulfonamides is 1. The van der Waals surface area contributed by atoms with E-state index in [4.69, 9.17) is 0 Å². The number of aromatic amines is 1. The van der Waals surface area contributed by atoms with Crippen molar-refractivity contribution < 1.29 is 13.3 Å². The van der Waals surface area contributed by atoms with Crippen molar-refractivity contribution in [3.8, 4) is 0 Å². The van der Waals surface area contributed by atoms with Crippen LogP contribution in [-0.2, 0) is 16.4 Å². The highest BCUT2D eigenvalue weighted by atomic mass is 32.2. The number of aryl methyl sites for hydroxylation is 4. The lowest BCUT2D eigenvalue weighted by Gasteiger charge is -2.12. The van der Waals surface area contributed by atoms with Gasteiger partial charge in [0.25, 0.3) is 15.7 Å². The van der Waals surface area contributed by atoms with Crippen molar-refractivity contribution in [1.82, 2.24) is 10.2 Å². The summed E-state index contributed by atoms with van der Waals surface area (Å²) in [5, 5.41) is 21.4. The summed E-state index contributed by atoms with van der Waals surface area (Å²) in [4.78, 5) is 10.8. The molecule has 31 heavy (non-hydrogen) atoms. The highest BCUT2D eigenvalue weighted by Crippen LogP contribution is 2.29. The average molecular weight is 444 g/mol. The van der Waals surface area contributed by atoms with Gasteiger partial charge in [-0.15, -0.1) is 0 Å². The Morgan fingerprint density at radius 2 is 1.84 bits per heavy atom. The summed E-state index contributed by atoms with van der Waals surface area (Å²) < 4.78 is 28.1. The molecule has 1 heterocycles. The van der Waals surface area contributed by atoms with E-state index >= 15 is 0 Å². The van der Waals surface area contributed by atoms with Crippen molar-refractivity contribution >= 4 is 27.1 Å². The van der Waals surface area contributed by atoms with Gasteiger partial charge in [-0.25, -0.2) is 8.42 Å². The van der Waals surface area contributed by atoms with Gasteiger partial charge in [0.1, 0.15) is 5.69 Å². The van der Waals surface area contributed by atoms with Gasteiger partial charge in [0, 0.05) is 18.3 Å². The molecular formula is C21H25N5O4S. The minimum absolute atomic E-state index is 0.168. The predicted molar refractivity (Wildman–Crippen MR) is 120 cm³/mol. The largest absolute Gasteiger partial charge is 0.379 e. The van der Waals surface area contributed by atoms with Gasteiger partial charge in [-0.1, -0.05) is 17.7 Å². The van der Waals surface area contributed by atoms with Gasteiger partial charge >= 0.3 is 0 Å². The second-order valence-electron chi connectivity index (χ2n) is 7.41. The topological polar surface area (TPSA) is 130 Å². The summed E-state index contributed by atoms with van der Waals surface area (Å²) in [5.74, 6) is 0. The number of H-pyrrole nitrogens is 1. The molecular weight excluding hydrogens is 418 g/mol. The number of anilines is 2. The third kappa shape index (κ3) is 5.40. The molecule has 0 amide bonds. The number of nitrogens with one attached hydrogen (secondary N) is 3. The first kappa shape index (κ1) is 22.3. The normalized spacial score (nSPS) is 11.3. The molecule has 0 spiro atoms. The second kappa shape index (κ2) is 9.17. The van der Waals surface area contributed by atoms with Crippen molar-refractivity contribution in [2.45, 2.75) is 38.5 Å². The van der Waals surface area contributed by atoms with E-state index < -0.39 is 14.9 Å². The molecule has 0 saturated heterocycles. The van der Waals surface area contributed by atoms with Crippen LogP contribution < -0.4 is 10.0 Å². The molecule has 9 nitrogen and oxygen atoms in total. The number of aromatic nitrogens is 2. The Morgan fingerprint density at radius 1 is 1.10 bits per heavy atom. The van der Waals surface area contributed by atoms with Gasteiger partial charge in [0.2, 0.25) is 0 Å². The van der Waals surface area contributed by atoms with Crippen molar-refractivity contribution in [3.05, 3.63) is 75.1 Å². The fourth-order valence-corrected chi connectivity index (χ4v) is 4.39. The number of nitro groups is 1. The summed E-state index contributed by atoms with van der Waals surface area (Å²) in [7, 11) is -3.97. The van der Waals surface area contributed by atoms with Crippen LogP contribution in [0.4, 0.5) is 17.1 Å². The molecule has 0 fully saturated rings. The van der Waals surface area contributed by atoms with Gasteiger partial charge in [0.05, 0.1) is 21.7 Å². The highest BCUT2D eigenvalue weighted by molar-refractivity contribution is 7.92. The van der Waals surface area contributed by atoms with Crippen LogP contribution in [0.1, 0.15) is 28.8 Å². The molecule has 0 aliphatic rings. The zero-order chi connectivity index (χ0) is 22.6. The van der Waals surface area contributed by atoms with E-state index in [2.05, 4.69) is 20.2 Å². The zero-order valence-corrected chi connectivity index (χ0v) is 18.4. The van der Waals surface area contributed by atoms with Gasteiger partial charge in [-0.05, 0) is 62.9 Å². The van der Waals surface area contributed by atoms with E-state index in [1.165, 1.54) is 12.1 Å². The Labute approximate surface area is 181 Å². The van der Waals surface area contributed by atoms with Crippen molar-refractivity contribution in [1.29, 1.82) is 0 Å². The smallest absolute Gasteiger partial charge is 0.293 e. The quantitative estimate of drug-likeness (QED) is 0.259. The molecule has 3 rings (SSSR count). The van der Waals surface area contributed by atoms with E-state index in [0.717, 1.165) is 41.3 Å². The van der Waals surface area contributed by atoms with E-state index in [-0.39, 0.29) is 16.3 Å². The first-order chi connectivity index (χ1) is 14.7. The SMILES string of the molecule is Cc1ccc(NS(=O)(=O)c2ccc(NCCCc3cn[nH]c3C)c([N+](=O)[O-])c2)c(C)c1. The van der Waals surface area contributed by atoms with Crippen LogP contribution in [0.25, 0.3) is 0 Å². The molecule has 0 atom stereocenters. The minimum atomic E-state index is -3.97. The number of hydrogen-bond donors (Lipinski definition) is 3. The summed E-state index contributed by atoms with van der Waals surface area (Å²) in [6.07, 6.45) is 3.28. The Bertz CT molecular complexity index is 1200. The van der Waals surface area contributed by atoms with Crippen LogP contribution in [-0.4, -0.2) is 30.1 Å². The third-order valence-electron chi connectivity index (χ3n) is 4.98. The summed E-state index contributed by atoms with van der Waals surface area (Å²) >= 11 is 0. The van der Waals surface area contributed by atoms with Gasteiger partial charge in [-0.3, -0.25) is 19.9 Å². The molecule has 0 bridgehead atoms. The van der Waals surface area contributed by atoms with E-state index in [0.29, 0.717) is 12.2 Å². The molecule has 2 aromatic carbocycles. The highest BCUT2D eigenvalue weighted by Gasteiger charge is 2.22. The number of hydrogen-bond acceptors (Lipinski definition) is 6. The molecule has 1 aromatic heterocycles. The maximum absolute atomic E-state index is 12.8. The van der Waals surface area contributed by atoms with E-state index in [1.54, 1.807) is 25.3 Å². The Morgan fingerprint density at radius 3 is 2.48 bits per heavy atom. The molecule has 0 saturated carbocycles. The van der Waals surface area contributed by atoms with E-state index in [1.807, 2.05) is 19.9 Å². The van der Waals surface area contributed by atoms with Crippen LogP contribution in [0.2, 0.25) is 0 Å². The lowest BCUT2D eigenvalue weighted by molar-refractivity contribution is -0.384. The van der Waals surface area contributed by atoms with Crippen LogP contribution >= 0.6 is 0 Å². The molecule has 164 valence electrons. The van der Waals surface area contributed by atoms with Crippen molar-refractivity contribution in [3.63, 3.8) is 0 Å². The lowest BCUT2D eigenvalue weighted by atomic mass is 10.1. The number of rotatable bonds is 9. The molecule has 10 heteroatoms. The summed E-state index contributed by atoms with van der Waals surface area (Å²) in [6.45, 7) is 6.15. The summed E-state index contributed by atoms with van der Waals surface area (Å²) in [6, 6.07) is 9.20. The van der Waals surface area contributed by atoms with Crippen LogP contribution in [0, 0.1) is 30.9 Å². The first-order valence-electron chi connectivity index (χ1n) is 9.78. The first-order valence-corrected chi connectivity index (χ1v) is 11.3. The maximum Gasteiger partial charge on any atom is 0.293 e. The van der Waals surface area contributed by atoms with Crippen LogP contribution in [0.15, 0.2) is 47.5 Å². The zero-order valence-electron chi connectivity index (χ0n) is 17.6. The molecule has 3 aromatic rings. The average Bonchev–Trinajstić information content (AvgIpc) is 3.12. The number of nitro benzene ring substituents is 1. The van der Waals surface area contributed by atoms with E-state index in [9.17, 15) is 18.5 Å². The Hall–Kier alpha value is -3.40. The second-order valence-corrected chi connectivity index (χ2v) is 9.09.